The third kappa shape index (κ3) is 8.03. The minimum atomic E-state index is -0.548. The van der Waals surface area contributed by atoms with E-state index in [1.165, 1.54) is 0 Å². The molecule has 1 amide bonds. The van der Waals surface area contributed by atoms with Crippen molar-refractivity contribution in [1.82, 2.24) is 5.32 Å². The molecule has 1 atom stereocenters. The second-order valence-electron chi connectivity index (χ2n) is 6.24. The van der Waals surface area contributed by atoms with Crippen LogP contribution in [0.3, 0.4) is 0 Å². The molecule has 0 aliphatic rings. The molecule has 1 rings (SSSR count). The van der Waals surface area contributed by atoms with Gasteiger partial charge in [0.05, 0.1) is 5.88 Å². The van der Waals surface area contributed by atoms with Gasteiger partial charge in [0, 0.05) is 12.5 Å². The van der Waals surface area contributed by atoms with E-state index >= 15 is 0 Å². The first kappa shape index (κ1) is 18.5. The van der Waals surface area contributed by atoms with E-state index in [9.17, 15) is 9.59 Å². The highest BCUT2D eigenvalue weighted by atomic mass is 35.5. The summed E-state index contributed by atoms with van der Waals surface area (Å²) in [6.07, 6.45) is 1.07. The molecule has 1 aromatic rings. The van der Waals surface area contributed by atoms with Gasteiger partial charge >= 0.3 is 6.09 Å². The van der Waals surface area contributed by atoms with Gasteiger partial charge in [-0.15, -0.1) is 11.6 Å². The molecule has 0 spiro atoms. The van der Waals surface area contributed by atoms with Gasteiger partial charge < -0.3 is 10.1 Å². The van der Waals surface area contributed by atoms with Gasteiger partial charge in [-0.2, -0.15) is 0 Å². The average Bonchev–Trinajstić information content (AvgIpc) is 2.43. The lowest BCUT2D eigenvalue weighted by Gasteiger charge is -2.23. The number of ether oxygens (including phenoxy) is 1. The number of rotatable bonds is 7. The van der Waals surface area contributed by atoms with E-state index < -0.39 is 11.7 Å². The number of carbonyl (C=O) groups is 2. The van der Waals surface area contributed by atoms with Crippen LogP contribution in [0, 0.1) is 0 Å². The quantitative estimate of drug-likeness (QED) is 0.777. The summed E-state index contributed by atoms with van der Waals surface area (Å²) in [7, 11) is 0. The number of alkyl carbamates (subject to hydrolysis) is 1. The molecule has 1 N–H and O–H groups in total. The highest BCUT2D eigenvalue weighted by Crippen LogP contribution is 2.11. The van der Waals surface area contributed by atoms with Crippen LogP contribution in [0.15, 0.2) is 30.3 Å². The van der Waals surface area contributed by atoms with E-state index in [1.807, 2.05) is 51.1 Å². The van der Waals surface area contributed by atoms with E-state index in [2.05, 4.69) is 5.32 Å². The summed E-state index contributed by atoms with van der Waals surface area (Å²) in [5.41, 5.74) is 0.551. The van der Waals surface area contributed by atoms with E-state index in [4.69, 9.17) is 16.3 Å². The molecule has 4 nitrogen and oxygen atoms in total. The molecule has 5 heteroatoms. The van der Waals surface area contributed by atoms with E-state index in [0.29, 0.717) is 19.3 Å². The van der Waals surface area contributed by atoms with Gasteiger partial charge in [0.1, 0.15) is 11.4 Å². The Morgan fingerprint density at radius 3 is 2.41 bits per heavy atom. The minimum absolute atomic E-state index is 0.00446. The largest absolute Gasteiger partial charge is 0.444 e. The molecule has 0 aromatic heterocycles. The van der Waals surface area contributed by atoms with Crippen molar-refractivity contribution in [2.24, 2.45) is 0 Å². The Hall–Kier alpha value is -1.55. The summed E-state index contributed by atoms with van der Waals surface area (Å²) in [4.78, 5) is 23.3. The predicted octanol–water partition coefficient (Wildman–Crippen LogP) is 3.71. The predicted molar refractivity (Wildman–Crippen MR) is 88.3 cm³/mol. The van der Waals surface area contributed by atoms with Gasteiger partial charge in [0.15, 0.2) is 0 Å². The van der Waals surface area contributed by atoms with Crippen LogP contribution in [-0.2, 0) is 16.0 Å². The van der Waals surface area contributed by atoms with Gasteiger partial charge in [-0.05, 0) is 39.2 Å². The zero-order chi connectivity index (χ0) is 16.6. The number of ketones is 1. The maximum Gasteiger partial charge on any atom is 0.407 e. The molecular formula is C17H24ClNO3. The number of halogens is 1. The Kier molecular flexibility index (Phi) is 7.39. The number of Topliss-reactive ketones (excluding diaryl/α,β-unsaturated/α-hetero) is 1. The van der Waals surface area contributed by atoms with Crippen molar-refractivity contribution in [1.29, 1.82) is 0 Å². The van der Waals surface area contributed by atoms with Crippen LogP contribution < -0.4 is 5.32 Å². The minimum Gasteiger partial charge on any atom is -0.444 e. The zero-order valence-electron chi connectivity index (χ0n) is 13.4. The van der Waals surface area contributed by atoms with Gasteiger partial charge in [0.2, 0.25) is 0 Å². The molecule has 0 aliphatic carbocycles. The number of amides is 1. The van der Waals surface area contributed by atoms with Crippen molar-refractivity contribution in [3.05, 3.63) is 35.9 Å². The second kappa shape index (κ2) is 8.79. The number of benzene rings is 1. The zero-order valence-corrected chi connectivity index (χ0v) is 14.2. The van der Waals surface area contributed by atoms with Crippen molar-refractivity contribution in [3.8, 4) is 0 Å². The van der Waals surface area contributed by atoms with E-state index in [1.54, 1.807) is 0 Å². The fourth-order valence-corrected chi connectivity index (χ4v) is 2.13. The highest BCUT2D eigenvalue weighted by molar-refractivity contribution is 6.27. The Labute approximate surface area is 137 Å². The molecule has 0 aliphatic heterocycles. The van der Waals surface area contributed by atoms with Crippen LogP contribution in [0.2, 0.25) is 0 Å². The highest BCUT2D eigenvalue weighted by Gasteiger charge is 2.20. The van der Waals surface area contributed by atoms with Crippen LogP contribution >= 0.6 is 11.6 Å². The number of carbonyl (C=O) groups excluding carboxylic acids is 2. The van der Waals surface area contributed by atoms with Crippen LogP contribution in [-0.4, -0.2) is 29.4 Å². The third-order valence-electron chi connectivity index (χ3n) is 2.97. The lowest BCUT2D eigenvalue weighted by atomic mass is 10.0. The number of nitrogens with one attached hydrogen (secondary N) is 1. The summed E-state index contributed by atoms with van der Waals surface area (Å²) >= 11 is 5.53. The molecule has 122 valence electrons. The summed E-state index contributed by atoms with van der Waals surface area (Å²) in [6, 6.07) is 9.66. The SMILES string of the molecule is CC(C)(C)OC(=O)N[C@@H](CCC(=O)CCl)Cc1ccccc1. The van der Waals surface area contributed by atoms with Crippen LogP contribution in [0.25, 0.3) is 0 Å². The molecule has 0 heterocycles. The molecule has 0 saturated carbocycles. The summed E-state index contributed by atoms with van der Waals surface area (Å²) in [5, 5.41) is 2.85. The first-order valence-electron chi connectivity index (χ1n) is 7.41. The van der Waals surface area contributed by atoms with Crippen LogP contribution in [0.5, 0.6) is 0 Å². The number of alkyl halides is 1. The average molecular weight is 326 g/mol. The summed E-state index contributed by atoms with van der Waals surface area (Å²) < 4.78 is 5.28. The third-order valence-corrected chi connectivity index (χ3v) is 3.26. The number of hydrogen-bond donors (Lipinski definition) is 1. The van der Waals surface area contributed by atoms with Crippen LogP contribution in [0.4, 0.5) is 4.79 Å². The van der Waals surface area contributed by atoms with Gasteiger partial charge in [-0.1, -0.05) is 30.3 Å². The Morgan fingerprint density at radius 1 is 1.23 bits per heavy atom. The number of hydrogen-bond acceptors (Lipinski definition) is 3. The monoisotopic (exact) mass is 325 g/mol. The van der Waals surface area contributed by atoms with Gasteiger partial charge in [0.25, 0.3) is 0 Å². The normalized spacial score (nSPS) is 12.5. The maximum atomic E-state index is 11.9. The molecule has 0 unspecified atom stereocenters. The Balaban J connectivity index is 2.65. The van der Waals surface area contributed by atoms with E-state index in [0.717, 1.165) is 5.56 Å². The smallest absolute Gasteiger partial charge is 0.407 e. The van der Waals surface area contributed by atoms with Gasteiger partial charge in [-0.3, -0.25) is 4.79 Å². The fourth-order valence-electron chi connectivity index (χ4n) is 2.00. The molecular weight excluding hydrogens is 302 g/mol. The molecule has 1 aromatic carbocycles. The van der Waals surface area contributed by atoms with Crippen molar-refractivity contribution in [2.75, 3.05) is 5.88 Å². The Bertz CT molecular complexity index is 482. The van der Waals surface area contributed by atoms with Crippen LogP contribution in [0.1, 0.15) is 39.2 Å². The first-order chi connectivity index (χ1) is 10.3. The van der Waals surface area contributed by atoms with Gasteiger partial charge in [-0.25, -0.2) is 4.79 Å². The standard InChI is InChI=1S/C17H24ClNO3/c1-17(2,3)22-16(21)19-14(9-10-15(20)12-18)11-13-7-5-4-6-8-13/h4-8,14H,9-12H2,1-3H3,(H,19,21)/t14-/m0/s1. The molecule has 0 radical (unpaired) electrons. The van der Waals surface area contributed by atoms with Crippen molar-refractivity contribution in [2.45, 2.75) is 51.7 Å². The summed E-state index contributed by atoms with van der Waals surface area (Å²) in [5.74, 6) is -0.0180. The second-order valence-corrected chi connectivity index (χ2v) is 6.51. The lowest BCUT2D eigenvalue weighted by molar-refractivity contribution is -0.116. The van der Waals surface area contributed by atoms with E-state index in [-0.39, 0.29) is 17.7 Å². The molecule has 0 bridgehead atoms. The first-order valence-corrected chi connectivity index (χ1v) is 7.94. The Morgan fingerprint density at radius 2 is 1.86 bits per heavy atom. The molecule has 0 fully saturated rings. The fraction of sp³-hybridized carbons (Fsp3) is 0.529. The molecule has 22 heavy (non-hydrogen) atoms. The maximum absolute atomic E-state index is 11.9. The molecule has 0 saturated heterocycles. The lowest BCUT2D eigenvalue weighted by Crippen LogP contribution is -2.40. The van der Waals surface area contributed by atoms with Crippen molar-refractivity contribution >= 4 is 23.5 Å². The van der Waals surface area contributed by atoms with Crippen molar-refractivity contribution in [3.63, 3.8) is 0 Å². The topological polar surface area (TPSA) is 55.4 Å². The van der Waals surface area contributed by atoms with Crippen molar-refractivity contribution < 1.29 is 14.3 Å². The summed E-state index contributed by atoms with van der Waals surface area (Å²) in [6.45, 7) is 5.45.